The predicted octanol–water partition coefficient (Wildman–Crippen LogP) is 2.92. The molecule has 5 nitrogen and oxygen atoms in total. The zero-order chi connectivity index (χ0) is 13.3. The summed E-state index contributed by atoms with van der Waals surface area (Å²) in [7, 11) is 1.57. The molecule has 98 valence electrons. The Morgan fingerprint density at radius 2 is 2.33 bits per heavy atom. The van der Waals surface area contributed by atoms with Gasteiger partial charge in [-0.1, -0.05) is 23.2 Å². The Balaban J connectivity index is 2.25. The van der Waals surface area contributed by atoms with Crippen molar-refractivity contribution in [1.29, 1.82) is 0 Å². The Morgan fingerprint density at radius 1 is 1.61 bits per heavy atom. The third-order valence-electron chi connectivity index (χ3n) is 3.08. The van der Waals surface area contributed by atoms with E-state index in [0.717, 1.165) is 25.1 Å². The SMILES string of the molecule is CN(C(=O)O)C1CCCN1c1cnc(Cl)c(Cl)c1. The molecule has 2 heterocycles. The summed E-state index contributed by atoms with van der Waals surface area (Å²) in [6.45, 7) is 0.780. The van der Waals surface area contributed by atoms with Gasteiger partial charge in [0.2, 0.25) is 0 Å². The lowest BCUT2D eigenvalue weighted by atomic mass is 10.3. The Morgan fingerprint density at radius 3 is 2.94 bits per heavy atom. The van der Waals surface area contributed by atoms with Gasteiger partial charge in [0.1, 0.15) is 11.3 Å². The highest BCUT2D eigenvalue weighted by atomic mass is 35.5. The van der Waals surface area contributed by atoms with Crippen LogP contribution in [-0.2, 0) is 0 Å². The van der Waals surface area contributed by atoms with Gasteiger partial charge in [-0.25, -0.2) is 9.78 Å². The molecule has 0 bridgehead atoms. The van der Waals surface area contributed by atoms with Gasteiger partial charge in [-0.3, -0.25) is 4.90 Å². The highest BCUT2D eigenvalue weighted by Crippen LogP contribution is 2.30. The molecule has 0 radical (unpaired) electrons. The van der Waals surface area contributed by atoms with Crippen LogP contribution in [0.15, 0.2) is 12.3 Å². The summed E-state index contributed by atoms with van der Waals surface area (Å²) in [5.41, 5.74) is 0.792. The summed E-state index contributed by atoms with van der Waals surface area (Å²) in [6, 6.07) is 1.71. The monoisotopic (exact) mass is 289 g/mol. The van der Waals surface area contributed by atoms with Crippen LogP contribution in [0.2, 0.25) is 10.2 Å². The van der Waals surface area contributed by atoms with E-state index in [9.17, 15) is 4.79 Å². The topological polar surface area (TPSA) is 56.7 Å². The number of carbonyl (C=O) groups is 1. The fourth-order valence-corrected chi connectivity index (χ4v) is 2.41. The number of carboxylic acid groups (broad SMARTS) is 1. The van der Waals surface area contributed by atoms with Crippen molar-refractivity contribution in [2.45, 2.75) is 19.0 Å². The second-order valence-corrected chi connectivity index (χ2v) is 4.94. The van der Waals surface area contributed by atoms with Gasteiger partial charge >= 0.3 is 6.09 Å². The molecule has 18 heavy (non-hydrogen) atoms. The molecule has 0 aromatic carbocycles. The first kappa shape index (κ1) is 13.2. The standard InChI is InChI=1S/C11H13Cl2N3O2/c1-15(11(17)18)9-3-2-4-16(9)7-5-8(12)10(13)14-6-7/h5-6,9H,2-4H2,1H3,(H,17,18). The van der Waals surface area contributed by atoms with Gasteiger partial charge in [0.25, 0.3) is 0 Å². The van der Waals surface area contributed by atoms with Crippen molar-refractivity contribution in [1.82, 2.24) is 9.88 Å². The minimum absolute atomic E-state index is 0.179. The maximum Gasteiger partial charge on any atom is 0.408 e. The van der Waals surface area contributed by atoms with Crippen molar-refractivity contribution in [3.63, 3.8) is 0 Å². The van der Waals surface area contributed by atoms with Gasteiger partial charge in [0.15, 0.2) is 0 Å². The molecule has 1 aliphatic rings. The number of rotatable bonds is 2. The molecule has 1 amide bonds. The Kier molecular flexibility index (Phi) is 3.82. The van der Waals surface area contributed by atoms with Crippen LogP contribution >= 0.6 is 23.2 Å². The van der Waals surface area contributed by atoms with Crippen LogP contribution in [0.1, 0.15) is 12.8 Å². The molecule has 1 aromatic rings. The normalized spacial score (nSPS) is 19.1. The van der Waals surface area contributed by atoms with Crippen molar-refractivity contribution in [3.8, 4) is 0 Å². The number of amides is 1. The number of hydrogen-bond donors (Lipinski definition) is 1. The van der Waals surface area contributed by atoms with Crippen molar-refractivity contribution >= 4 is 35.0 Å². The largest absolute Gasteiger partial charge is 0.465 e. The lowest BCUT2D eigenvalue weighted by Crippen LogP contribution is -2.45. The zero-order valence-electron chi connectivity index (χ0n) is 9.81. The highest BCUT2D eigenvalue weighted by Gasteiger charge is 2.31. The maximum absolute atomic E-state index is 11.0. The minimum Gasteiger partial charge on any atom is -0.465 e. The van der Waals surface area contributed by atoms with E-state index in [4.69, 9.17) is 28.3 Å². The summed E-state index contributed by atoms with van der Waals surface area (Å²) in [5.74, 6) is 0. The molecule has 2 rings (SSSR count). The highest BCUT2D eigenvalue weighted by molar-refractivity contribution is 6.41. The van der Waals surface area contributed by atoms with E-state index in [1.165, 1.54) is 4.90 Å². The number of anilines is 1. The predicted molar refractivity (Wildman–Crippen MR) is 70.4 cm³/mol. The van der Waals surface area contributed by atoms with Crippen LogP contribution in [0.3, 0.4) is 0 Å². The molecule has 1 unspecified atom stereocenters. The van der Waals surface area contributed by atoms with E-state index in [0.29, 0.717) is 5.02 Å². The second-order valence-electron chi connectivity index (χ2n) is 4.18. The van der Waals surface area contributed by atoms with Crippen LogP contribution in [-0.4, -0.2) is 40.8 Å². The number of hydrogen-bond acceptors (Lipinski definition) is 3. The van der Waals surface area contributed by atoms with E-state index in [-0.39, 0.29) is 11.3 Å². The third-order valence-corrected chi connectivity index (χ3v) is 3.77. The molecular formula is C11H13Cl2N3O2. The summed E-state index contributed by atoms with van der Waals surface area (Å²) in [4.78, 5) is 18.3. The Labute approximate surface area is 115 Å². The quantitative estimate of drug-likeness (QED) is 0.851. The Bertz CT molecular complexity index is 470. The van der Waals surface area contributed by atoms with E-state index in [1.807, 2.05) is 4.90 Å². The molecule has 0 saturated carbocycles. The van der Waals surface area contributed by atoms with Gasteiger partial charge in [-0.15, -0.1) is 0 Å². The molecule has 1 N–H and O–H groups in total. The van der Waals surface area contributed by atoms with Crippen LogP contribution in [0.25, 0.3) is 0 Å². The fraction of sp³-hybridized carbons (Fsp3) is 0.455. The summed E-state index contributed by atoms with van der Waals surface area (Å²) >= 11 is 11.7. The third kappa shape index (κ3) is 2.47. The molecule has 1 atom stereocenters. The molecule has 0 aliphatic carbocycles. The Hall–Kier alpha value is -1.20. The minimum atomic E-state index is -0.945. The summed E-state index contributed by atoms with van der Waals surface area (Å²) in [6.07, 6.45) is 2.22. The maximum atomic E-state index is 11.0. The van der Waals surface area contributed by atoms with Gasteiger partial charge in [0, 0.05) is 13.6 Å². The molecule has 1 fully saturated rings. The average molecular weight is 290 g/mol. The fourth-order valence-electron chi connectivity index (χ4n) is 2.15. The van der Waals surface area contributed by atoms with E-state index in [2.05, 4.69) is 4.98 Å². The molecule has 1 aliphatic heterocycles. The van der Waals surface area contributed by atoms with Crippen molar-refractivity contribution in [3.05, 3.63) is 22.4 Å². The molecule has 0 spiro atoms. The second kappa shape index (κ2) is 5.20. The molecule has 1 aromatic heterocycles. The van der Waals surface area contributed by atoms with Gasteiger partial charge in [-0.05, 0) is 18.9 Å². The molecular weight excluding hydrogens is 277 g/mol. The molecule has 7 heteroatoms. The number of halogens is 2. The van der Waals surface area contributed by atoms with Crippen LogP contribution in [0.5, 0.6) is 0 Å². The van der Waals surface area contributed by atoms with Crippen LogP contribution in [0, 0.1) is 0 Å². The lowest BCUT2D eigenvalue weighted by Gasteiger charge is -2.32. The van der Waals surface area contributed by atoms with Crippen LogP contribution in [0.4, 0.5) is 10.5 Å². The summed E-state index contributed by atoms with van der Waals surface area (Å²) < 4.78 is 0. The van der Waals surface area contributed by atoms with Crippen molar-refractivity contribution in [2.24, 2.45) is 0 Å². The van der Waals surface area contributed by atoms with Crippen molar-refractivity contribution in [2.75, 3.05) is 18.5 Å². The van der Waals surface area contributed by atoms with Gasteiger partial charge < -0.3 is 10.0 Å². The number of pyridine rings is 1. The summed E-state index contributed by atoms with van der Waals surface area (Å²) in [5, 5.41) is 9.67. The number of aromatic nitrogens is 1. The first-order valence-electron chi connectivity index (χ1n) is 5.54. The first-order valence-corrected chi connectivity index (χ1v) is 6.29. The average Bonchev–Trinajstić information content (AvgIpc) is 2.80. The van der Waals surface area contributed by atoms with Crippen molar-refractivity contribution < 1.29 is 9.90 Å². The van der Waals surface area contributed by atoms with E-state index >= 15 is 0 Å². The smallest absolute Gasteiger partial charge is 0.408 e. The van der Waals surface area contributed by atoms with Gasteiger partial charge in [-0.2, -0.15) is 0 Å². The first-order chi connectivity index (χ1) is 8.50. The number of nitrogens with zero attached hydrogens (tertiary/aromatic N) is 3. The van der Waals surface area contributed by atoms with Gasteiger partial charge in [0.05, 0.1) is 16.9 Å². The van der Waals surface area contributed by atoms with E-state index < -0.39 is 6.09 Å². The lowest BCUT2D eigenvalue weighted by molar-refractivity contribution is 0.140. The molecule has 1 saturated heterocycles. The van der Waals surface area contributed by atoms with Crippen LogP contribution < -0.4 is 4.90 Å². The van der Waals surface area contributed by atoms with E-state index in [1.54, 1.807) is 19.3 Å². The zero-order valence-corrected chi connectivity index (χ0v) is 11.3.